The predicted octanol–water partition coefficient (Wildman–Crippen LogP) is 4.30. The summed E-state index contributed by atoms with van der Waals surface area (Å²) in [5, 5.41) is 4.64. The fraction of sp³-hybridized carbons (Fsp3) is 0.400. The summed E-state index contributed by atoms with van der Waals surface area (Å²) in [5.41, 5.74) is 1.02. The molecule has 18 heavy (non-hydrogen) atoms. The Bertz CT molecular complexity index is 511. The molecule has 3 heteroatoms. The van der Waals surface area contributed by atoms with Crippen LogP contribution in [-0.4, -0.2) is 16.9 Å². The number of halogens is 1. The van der Waals surface area contributed by atoms with Crippen LogP contribution in [0.15, 0.2) is 36.4 Å². The first-order chi connectivity index (χ1) is 8.70. The molecule has 2 rings (SSSR count). The number of nitrogens with one attached hydrogen (secondary N) is 1. The lowest BCUT2D eigenvalue weighted by atomic mass is 10.0. The van der Waals surface area contributed by atoms with Gasteiger partial charge < -0.3 is 5.32 Å². The van der Waals surface area contributed by atoms with Crippen molar-refractivity contribution in [1.82, 2.24) is 4.98 Å². The zero-order valence-electron chi connectivity index (χ0n) is 10.9. The normalized spacial score (nSPS) is 12.9. The quantitative estimate of drug-likeness (QED) is 0.813. The molecule has 0 spiro atoms. The molecule has 1 aromatic carbocycles. The van der Waals surface area contributed by atoms with Gasteiger partial charge in [-0.3, -0.25) is 0 Å². The Morgan fingerprint density at radius 1 is 1.17 bits per heavy atom. The van der Waals surface area contributed by atoms with E-state index in [0.29, 0.717) is 17.8 Å². The minimum Gasteiger partial charge on any atom is -0.367 e. The van der Waals surface area contributed by atoms with E-state index < -0.39 is 0 Å². The van der Waals surface area contributed by atoms with Crippen molar-refractivity contribution in [3.05, 3.63) is 36.4 Å². The molecule has 0 saturated carbocycles. The van der Waals surface area contributed by atoms with Gasteiger partial charge in [0.25, 0.3) is 0 Å². The second-order valence-electron chi connectivity index (χ2n) is 4.86. The van der Waals surface area contributed by atoms with E-state index >= 15 is 0 Å². The third kappa shape index (κ3) is 3.14. The van der Waals surface area contributed by atoms with Crippen LogP contribution in [0.4, 0.5) is 5.82 Å². The molecule has 1 aromatic heterocycles. The van der Waals surface area contributed by atoms with Crippen LogP contribution in [0.2, 0.25) is 0 Å². The molecular formula is C15H19ClN2. The standard InChI is InChI=1S/C15H19ClN2/c1-11(2)13(9-10-16)17-15-8-7-12-5-3-4-6-14(12)18-15/h3-8,11,13H,9-10H2,1-2H3,(H,17,18). The number of anilines is 1. The lowest BCUT2D eigenvalue weighted by Gasteiger charge is -2.22. The lowest BCUT2D eigenvalue weighted by molar-refractivity contribution is 0.512. The molecular weight excluding hydrogens is 244 g/mol. The summed E-state index contributed by atoms with van der Waals surface area (Å²) in [4.78, 5) is 4.63. The Morgan fingerprint density at radius 2 is 1.94 bits per heavy atom. The first-order valence-electron chi connectivity index (χ1n) is 6.39. The van der Waals surface area contributed by atoms with Gasteiger partial charge in [-0.15, -0.1) is 11.6 Å². The van der Waals surface area contributed by atoms with E-state index in [2.05, 4.69) is 36.3 Å². The number of hydrogen-bond acceptors (Lipinski definition) is 2. The molecule has 0 aliphatic heterocycles. The highest BCUT2D eigenvalue weighted by Gasteiger charge is 2.12. The Kier molecular flexibility index (Phi) is 4.43. The molecule has 1 N–H and O–H groups in total. The van der Waals surface area contributed by atoms with Crippen LogP contribution in [0.3, 0.4) is 0 Å². The highest BCUT2D eigenvalue weighted by molar-refractivity contribution is 6.17. The molecule has 0 fully saturated rings. The van der Waals surface area contributed by atoms with Gasteiger partial charge in [0.1, 0.15) is 5.82 Å². The molecule has 1 atom stereocenters. The summed E-state index contributed by atoms with van der Waals surface area (Å²) in [6.45, 7) is 4.40. The molecule has 0 aliphatic rings. The highest BCUT2D eigenvalue weighted by Crippen LogP contribution is 2.18. The fourth-order valence-corrected chi connectivity index (χ4v) is 2.26. The number of pyridine rings is 1. The van der Waals surface area contributed by atoms with E-state index in [4.69, 9.17) is 11.6 Å². The summed E-state index contributed by atoms with van der Waals surface area (Å²) in [6, 6.07) is 12.7. The molecule has 0 amide bonds. The van der Waals surface area contributed by atoms with Gasteiger partial charge in [-0.1, -0.05) is 32.0 Å². The van der Waals surface area contributed by atoms with Crippen molar-refractivity contribution in [2.75, 3.05) is 11.2 Å². The zero-order chi connectivity index (χ0) is 13.0. The average Bonchev–Trinajstić information content (AvgIpc) is 2.38. The molecule has 0 radical (unpaired) electrons. The minimum atomic E-state index is 0.371. The molecule has 2 nitrogen and oxygen atoms in total. The number of aromatic nitrogens is 1. The van der Waals surface area contributed by atoms with Crippen LogP contribution in [0.1, 0.15) is 20.3 Å². The van der Waals surface area contributed by atoms with Gasteiger partial charge in [-0.05, 0) is 30.5 Å². The summed E-state index contributed by atoms with van der Waals surface area (Å²) in [6.07, 6.45) is 0.952. The van der Waals surface area contributed by atoms with Gasteiger partial charge >= 0.3 is 0 Å². The van der Waals surface area contributed by atoms with Gasteiger partial charge in [-0.2, -0.15) is 0 Å². The second-order valence-corrected chi connectivity index (χ2v) is 5.24. The predicted molar refractivity (Wildman–Crippen MR) is 79.3 cm³/mol. The second kappa shape index (κ2) is 6.05. The minimum absolute atomic E-state index is 0.371. The van der Waals surface area contributed by atoms with E-state index in [1.165, 1.54) is 5.39 Å². The van der Waals surface area contributed by atoms with Crippen molar-refractivity contribution in [3.8, 4) is 0 Å². The Balaban J connectivity index is 2.20. The van der Waals surface area contributed by atoms with Gasteiger partial charge in [0.2, 0.25) is 0 Å². The Hall–Kier alpha value is -1.28. The first-order valence-corrected chi connectivity index (χ1v) is 6.92. The van der Waals surface area contributed by atoms with Crippen molar-refractivity contribution in [2.24, 2.45) is 5.92 Å². The summed E-state index contributed by atoms with van der Waals surface area (Å²) in [5.74, 6) is 2.14. The molecule has 0 aliphatic carbocycles. The zero-order valence-corrected chi connectivity index (χ0v) is 11.6. The molecule has 2 aromatic rings. The van der Waals surface area contributed by atoms with Crippen LogP contribution in [-0.2, 0) is 0 Å². The third-order valence-electron chi connectivity index (χ3n) is 3.16. The monoisotopic (exact) mass is 262 g/mol. The summed E-state index contributed by atoms with van der Waals surface area (Å²) in [7, 11) is 0. The maximum absolute atomic E-state index is 5.84. The molecule has 1 unspecified atom stereocenters. The highest BCUT2D eigenvalue weighted by atomic mass is 35.5. The maximum atomic E-state index is 5.84. The molecule has 96 valence electrons. The van der Waals surface area contributed by atoms with Crippen LogP contribution < -0.4 is 5.32 Å². The lowest BCUT2D eigenvalue weighted by Crippen LogP contribution is -2.26. The average molecular weight is 263 g/mol. The number of rotatable bonds is 5. The van der Waals surface area contributed by atoms with Gasteiger partial charge in [0, 0.05) is 17.3 Å². The van der Waals surface area contributed by atoms with E-state index in [-0.39, 0.29) is 0 Å². The Labute approximate surface area is 113 Å². The SMILES string of the molecule is CC(C)C(CCCl)Nc1ccc2ccccc2n1. The largest absolute Gasteiger partial charge is 0.367 e. The number of hydrogen-bond donors (Lipinski definition) is 1. The number of nitrogens with zero attached hydrogens (tertiary/aromatic N) is 1. The summed E-state index contributed by atoms with van der Waals surface area (Å²) >= 11 is 5.84. The molecule has 0 bridgehead atoms. The van der Waals surface area contributed by atoms with Gasteiger partial charge in [-0.25, -0.2) is 4.98 Å². The maximum Gasteiger partial charge on any atom is 0.126 e. The third-order valence-corrected chi connectivity index (χ3v) is 3.37. The van der Waals surface area contributed by atoms with Gasteiger partial charge in [0.15, 0.2) is 0 Å². The van der Waals surface area contributed by atoms with E-state index in [1.807, 2.05) is 24.3 Å². The first kappa shape index (κ1) is 13.2. The van der Waals surface area contributed by atoms with E-state index in [1.54, 1.807) is 0 Å². The number of benzene rings is 1. The van der Waals surface area contributed by atoms with E-state index in [9.17, 15) is 0 Å². The van der Waals surface area contributed by atoms with Crippen molar-refractivity contribution in [1.29, 1.82) is 0 Å². The van der Waals surface area contributed by atoms with Crippen LogP contribution in [0.25, 0.3) is 10.9 Å². The Morgan fingerprint density at radius 3 is 2.67 bits per heavy atom. The van der Waals surface area contributed by atoms with Crippen molar-refractivity contribution >= 4 is 28.3 Å². The topological polar surface area (TPSA) is 24.9 Å². The molecule has 1 heterocycles. The fourth-order valence-electron chi connectivity index (χ4n) is 2.03. The smallest absolute Gasteiger partial charge is 0.126 e. The van der Waals surface area contributed by atoms with Gasteiger partial charge in [0.05, 0.1) is 5.52 Å². The van der Waals surface area contributed by atoms with Crippen LogP contribution in [0, 0.1) is 5.92 Å². The van der Waals surface area contributed by atoms with Crippen LogP contribution in [0.5, 0.6) is 0 Å². The van der Waals surface area contributed by atoms with E-state index in [0.717, 1.165) is 17.8 Å². The van der Waals surface area contributed by atoms with Crippen molar-refractivity contribution in [2.45, 2.75) is 26.3 Å². The number of alkyl halides is 1. The molecule has 0 saturated heterocycles. The van der Waals surface area contributed by atoms with Crippen molar-refractivity contribution < 1.29 is 0 Å². The number of fused-ring (bicyclic) bond motifs is 1. The van der Waals surface area contributed by atoms with Crippen LogP contribution >= 0.6 is 11.6 Å². The summed E-state index contributed by atoms with van der Waals surface area (Å²) < 4.78 is 0. The van der Waals surface area contributed by atoms with Crippen molar-refractivity contribution in [3.63, 3.8) is 0 Å². The number of para-hydroxylation sites is 1.